The van der Waals surface area contributed by atoms with Gasteiger partial charge in [-0.1, -0.05) is 0 Å². The average Bonchev–Trinajstić information content (AvgIpc) is 2.38. The van der Waals surface area contributed by atoms with E-state index in [2.05, 4.69) is 5.32 Å². The molecule has 1 aliphatic heterocycles. The first-order chi connectivity index (χ1) is 9.11. The summed E-state index contributed by atoms with van der Waals surface area (Å²) in [6.07, 6.45) is 0.0889. The Morgan fingerprint density at radius 3 is 2.58 bits per heavy atom. The topological polar surface area (TPSA) is 117 Å². The van der Waals surface area contributed by atoms with Gasteiger partial charge in [0.1, 0.15) is 18.9 Å². The lowest BCUT2D eigenvalue weighted by Crippen LogP contribution is -2.19. The van der Waals surface area contributed by atoms with Crippen molar-refractivity contribution in [3.05, 3.63) is 22.2 Å². The van der Waals surface area contributed by atoms with Gasteiger partial charge in [-0.15, -0.1) is 0 Å². The molecule has 8 nitrogen and oxygen atoms in total. The molecule has 0 saturated carbocycles. The Hall–Kier alpha value is -2.35. The van der Waals surface area contributed by atoms with Crippen LogP contribution in [0.2, 0.25) is 0 Å². The van der Waals surface area contributed by atoms with E-state index >= 15 is 0 Å². The predicted octanol–water partition coefficient (Wildman–Crippen LogP) is 0.653. The standard InChI is InChI=1S/C11H13N3O5/c12-2-1-11(15)13-7-5-9-10(19-4-3-18-9)6-8(7)14(16)17/h5-6H,1-4,12H2,(H,13,15). The summed E-state index contributed by atoms with van der Waals surface area (Å²) >= 11 is 0. The van der Waals surface area contributed by atoms with Crippen molar-refractivity contribution in [1.29, 1.82) is 0 Å². The second-order valence-corrected chi connectivity index (χ2v) is 3.86. The van der Waals surface area contributed by atoms with E-state index in [1.54, 1.807) is 0 Å². The number of benzene rings is 1. The Bertz CT molecular complexity index is 517. The van der Waals surface area contributed by atoms with E-state index in [-0.39, 0.29) is 30.2 Å². The van der Waals surface area contributed by atoms with Gasteiger partial charge in [-0.25, -0.2) is 0 Å². The van der Waals surface area contributed by atoms with E-state index in [0.29, 0.717) is 24.7 Å². The molecule has 1 amide bonds. The van der Waals surface area contributed by atoms with Crippen LogP contribution in [0.3, 0.4) is 0 Å². The maximum absolute atomic E-state index is 11.5. The van der Waals surface area contributed by atoms with E-state index in [0.717, 1.165) is 0 Å². The number of nitrogens with two attached hydrogens (primary N) is 1. The Balaban J connectivity index is 2.34. The number of anilines is 1. The first-order valence-electron chi connectivity index (χ1n) is 5.69. The zero-order valence-electron chi connectivity index (χ0n) is 10.0. The van der Waals surface area contributed by atoms with Gasteiger partial charge < -0.3 is 20.5 Å². The molecule has 0 fully saturated rings. The van der Waals surface area contributed by atoms with Gasteiger partial charge in [0.15, 0.2) is 11.5 Å². The van der Waals surface area contributed by atoms with E-state index in [1.807, 2.05) is 0 Å². The van der Waals surface area contributed by atoms with Crippen molar-refractivity contribution < 1.29 is 19.2 Å². The van der Waals surface area contributed by atoms with Crippen LogP contribution in [0, 0.1) is 10.1 Å². The molecule has 0 aromatic heterocycles. The fourth-order valence-electron chi connectivity index (χ4n) is 1.67. The number of amides is 1. The minimum Gasteiger partial charge on any atom is -0.486 e. The van der Waals surface area contributed by atoms with Crippen molar-refractivity contribution in [3.63, 3.8) is 0 Å². The van der Waals surface area contributed by atoms with E-state index in [1.165, 1.54) is 12.1 Å². The molecule has 0 aliphatic carbocycles. The SMILES string of the molecule is NCCC(=O)Nc1cc2c(cc1[N+](=O)[O-])OCCO2. The number of carbonyl (C=O) groups excluding carboxylic acids is 1. The molecule has 1 aromatic carbocycles. The number of nitrogens with one attached hydrogen (secondary N) is 1. The fourth-order valence-corrected chi connectivity index (χ4v) is 1.67. The summed E-state index contributed by atoms with van der Waals surface area (Å²) in [6, 6.07) is 2.63. The van der Waals surface area contributed by atoms with Gasteiger partial charge in [-0.05, 0) is 0 Å². The molecule has 0 bridgehead atoms. The zero-order chi connectivity index (χ0) is 13.8. The highest BCUT2D eigenvalue weighted by atomic mass is 16.6. The van der Waals surface area contributed by atoms with Gasteiger partial charge >= 0.3 is 0 Å². The van der Waals surface area contributed by atoms with Gasteiger partial charge in [-0.2, -0.15) is 0 Å². The number of hydrogen-bond acceptors (Lipinski definition) is 6. The summed E-state index contributed by atoms with van der Waals surface area (Å²) in [4.78, 5) is 21.9. The molecule has 1 aromatic rings. The molecule has 0 radical (unpaired) electrons. The van der Waals surface area contributed by atoms with E-state index in [9.17, 15) is 14.9 Å². The van der Waals surface area contributed by atoms with Crippen LogP contribution in [0.1, 0.15) is 6.42 Å². The predicted molar refractivity (Wildman–Crippen MR) is 66.4 cm³/mol. The third-order valence-corrected chi connectivity index (χ3v) is 2.50. The number of nitrogens with zero attached hydrogens (tertiary/aromatic N) is 1. The van der Waals surface area contributed by atoms with Crippen molar-refractivity contribution in [1.82, 2.24) is 0 Å². The highest BCUT2D eigenvalue weighted by Crippen LogP contribution is 2.39. The Labute approximate surface area is 108 Å². The van der Waals surface area contributed by atoms with Gasteiger partial charge in [-0.3, -0.25) is 14.9 Å². The summed E-state index contributed by atoms with van der Waals surface area (Å²) in [5.41, 5.74) is 5.09. The van der Waals surface area contributed by atoms with Crippen LogP contribution in [-0.4, -0.2) is 30.6 Å². The van der Waals surface area contributed by atoms with Gasteiger partial charge in [0.2, 0.25) is 5.91 Å². The molecule has 1 heterocycles. The molecule has 3 N–H and O–H groups in total. The summed E-state index contributed by atoms with van der Waals surface area (Å²) in [7, 11) is 0. The third kappa shape index (κ3) is 2.91. The largest absolute Gasteiger partial charge is 0.486 e. The Morgan fingerprint density at radius 1 is 1.37 bits per heavy atom. The minimum atomic E-state index is -0.587. The third-order valence-electron chi connectivity index (χ3n) is 2.50. The lowest BCUT2D eigenvalue weighted by atomic mass is 10.2. The fraction of sp³-hybridized carbons (Fsp3) is 0.364. The number of nitro benzene ring substituents is 1. The Morgan fingerprint density at radius 2 is 2.00 bits per heavy atom. The average molecular weight is 267 g/mol. The molecular weight excluding hydrogens is 254 g/mol. The van der Waals surface area contributed by atoms with Crippen LogP contribution in [0.25, 0.3) is 0 Å². The molecule has 0 unspecified atom stereocenters. The summed E-state index contributed by atoms with van der Waals surface area (Å²) < 4.78 is 10.6. The summed E-state index contributed by atoms with van der Waals surface area (Å²) in [6.45, 7) is 0.869. The van der Waals surface area contributed by atoms with Crippen molar-refractivity contribution in [3.8, 4) is 11.5 Å². The number of hydrogen-bond donors (Lipinski definition) is 2. The van der Waals surface area contributed by atoms with Crippen LogP contribution in [0.5, 0.6) is 11.5 Å². The van der Waals surface area contributed by atoms with Gasteiger partial charge in [0, 0.05) is 19.0 Å². The molecule has 102 valence electrons. The van der Waals surface area contributed by atoms with Crippen LogP contribution in [0.15, 0.2) is 12.1 Å². The minimum absolute atomic E-state index is 0.0766. The zero-order valence-corrected chi connectivity index (χ0v) is 10.0. The quantitative estimate of drug-likeness (QED) is 0.611. The molecule has 2 rings (SSSR count). The molecule has 0 saturated heterocycles. The monoisotopic (exact) mass is 267 g/mol. The Kier molecular flexibility index (Phi) is 3.81. The second kappa shape index (κ2) is 5.53. The van der Waals surface area contributed by atoms with Crippen molar-refractivity contribution >= 4 is 17.3 Å². The number of carbonyl (C=O) groups is 1. The van der Waals surface area contributed by atoms with Crippen LogP contribution in [0.4, 0.5) is 11.4 Å². The number of ether oxygens (including phenoxy) is 2. The molecule has 19 heavy (non-hydrogen) atoms. The van der Waals surface area contributed by atoms with Crippen LogP contribution >= 0.6 is 0 Å². The molecular formula is C11H13N3O5. The number of fused-ring (bicyclic) bond motifs is 1. The van der Waals surface area contributed by atoms with Gasteiger partial charge in [0.05, 0.1) is 11.0 Å². The highest BCUT2D eigenvalue weighted by Gasteiger charge is 2.23. The van der Waals surface area contributed by atoms with Crippen LogP contribution < -0.4 is 20.5 Å². The maximum Gasteiger partial charge on any atom is 0.296 e. The van der Waals surface area contributed by atoms with Gasteiger partial charge in [0.25, 0.3) is 5.69 Å². The second-order valence-electron chi connectivity index (χ2n) is 3.86. The number of rotatable bonds is 4. The lowest BCUT2D eigenvalue weighted by Gasteiger charge is -2.19. The summed E-state index contributed by atoms with van der Waals surface area (Å²) in [5, 5.41) is 13.4. The smallest absolute Gasteiger partial charge is 0.296 e. The normalized spacial score (nSPS) is 12.9. The molecule has 0 spiro atoms. The van der Waals surface area contributed by atoms with E-state index < -0.39 is 4.92 Å². The number of nitro groups is 1. The van der Waals surface area contributed by atoms with Crippen molar-refractivity contribution in [2.24, 2.45) is 5.73 Å². The molecule has 1 aliphatic rings. The summed E-state index contributed by atoms with van der Waals surface area (Å²) in [5.74, 6) is 0.289. The highest BCUT2D eigenvalue weighted by molar-refractivity contribution is 5.93. The molecule has 0 atom stereocenters. The van der Waals surface area contributed by atoms with Crippen molar-refractivity contribution in [2.45, 2.75) is 6.42 Å². The first-order valence-corrected chi connectivity index (χ1v) is 5.69. The lowest BCUT2D eigenvalue weighted by molar-refractivity contribution is -0.384. The van der Waals surface area contributed by atoms with E-state index in [4.69, 9.17) is 15.2 Å². The maximum atomic E-state index is 11.5. The van der Waals surface area contributed by atoms with Crippen LogP contribution in [-0.2, 0) is 4.79 Å². The molecule has 8 heteroatoms. The first kappa shape index (κ1) is 13.1. The van der Waals surface area contributed by atoms with Crippen molar-refractivity contribution in [2.75, 3.05) is 25.1 Å².